The van der Waals surface area contributed by atoms with Gasteiger partial charge in [-0.05, 0) is 56.2 Å². The third kappa shape index (κ3) is 4.91. The van der Waals surface area contributed by atoms with E-state index in [1.807, 2.05) is 79.8 Å². The fraction of sp³-hybridized carbons (Fsp3) is 0.424. The predicted molar refractivity (Wildman–Crippen MR) is 170 cm³/mol. The molecule has 5 atom stereocenters. The minimum absolute atomic E-state index is 0.000388. The van der Waals surface area contributed by atoms with Crippen LogP contribution >= 0.6 is 11.8 Å². The van der Waals surface area contributed by atoms with E-state index in [-0.39, 0.29) is 36.2 Å². The first kappa shape index (κ1) is 29.5. The van der Waals surface area contributed by atoms with Crippen LogP contribution in [0.25, 0.3) is 11.0 Å². The summed E-state index contributed by atoms with van der Waals surface area (Å²) in [5, 5.41) is 17.8. The fourth-order valence-electron chi connectivity index (χ4n) is 7.25. The van der Waals surface area contributed by atoms with Gasteiger partial charge in [0.1, 0.15) is 24.0 Å². The van der Waals surface area contributed by atoms with E-state index >= 15 is 0 Å². The van der Waals surface area contributed by atoms with Gasteiger partial charge in [0.15, 0.2) is 0 Å². The second-order valence-electron chi connectivity index (χ2n) is 11.8. The second-order valence-corrected chi connectivity index (χ2v) is 13.3. The first-order valence-corrected chi connectivity index (χ1v) is 16.4. The molecule has 2 fully saturated rings. The lowest BCUT2D eigenvalue weighted by Crippen LogP contribution is -2.53. The number of unbranched alkanes of at least 4 members (excludes halogenated alkanes) is 1. The number of aliphatic hydroxyl groups is 1. The molecule has 4 aliphatic heterocycles. The van der Waals surface area contributed by atoms with Gasteiger partial charge in [0.05, 0.1) is 28.7 Å². The summed E-state index contributed by atoms with van der Waals surface area (Å²) in [6, 6.07) is 14.2. The highest BCUT2D eigenvalue weighted by molar-refractivity contribution is 8.02. The molecule has 2 saturated heterocycles. The van der Waals surface area contributed by atoms with Crippen molar-refractivity contribution in [1.29, 1.82) is 0 Å². The summed E-state index contributed by atoms with van der Waals surface area (Å²) in [6.45, 7) is 3.72. The van der Waals surface area contributed by atoms with Crippen molar-refractivity contribution in [2.24, 2.45) is 11.8 Å². The second kappa shape index (κ2) is 12.0. The monoisotopic (exact) mass is 628 g/mol. The Kier molecular flexibility index (Phi) is 7.86. The molecular formula is C33H36N6O5S. The zero-order valence-corrected chi connectivity index (χ0v) is 25.9. The molecule has 4 aliphatic rings. The number of anilines is 1. The number of aromatic nitrogens is 3. The van der Waals surface area contributed by atoms with Crippen LogP contribution in [0.2, 0.25) is 0 Å². The first-order chi connectivity index (χ1) is 22.0. The minimum Gasteiger partial charge on any atom is -0.494 e. The molecule has 5 heterocycles. The summed E-state index contributed by atoms with van der Waals surface area (Å²) in [5.41, 5.74) is 2.29. The van der Waals surface area contributed by atoms with Crippen molar-refractivity contribution in [3.63, 3.8) is 0 Å². The molecule has 12 heteroatoms. The van der Waals surface area contributed by atoms with Crippen LogP contribution in [0.1, 0.15) is 19.8 Å². The Morgan fingerprint density at radius 1 is 1.00 bits per heavy atom. The predicted octanol–water partition coefficient (Wildman–Crippen LogP) is 2.86. The molecule has 0 aliphatic carbocycles. The van der Waals surface area contributed by atoms with Crippen LogP contribution < -0.4 is 9.64 Å². The molecule has 2 aromatic carbocycles. The number of thioether (sulfide) groups is 1. The highest BCUT2D eigenvalue weighted by Gasteiger charge is 2.71. The Balaban J connectivity index is 1.24. The lowest BCUT2D eigenvalue weighted by Gasteiger charge is -2.35. The van der Waals surface area contributed by atoms with Crippen LogP contribution in [-0.2, 0) is 21.1 Å². The zero-order chi connectivity index (χ0) is 31.1. The van der Waals surface area contributed by atoms with Crippen LogP contribution in [-0.4, -0.2) is 96.5 Å². The third-order valence-corrected chi connectivity index (χ3v) is 11.0. The molecule has 3 aromatic rings. The van der Waals surface area contributed by atoms with Crippen LogP contribution in [0.3, 0.4) is 0 Å². The van der Waals surface area contributed by atoms with Crippen LogP contribution in [0.4, 0.5) is 5.69 Å². The van der Waals surface area contributed by atoms with E-state index in [0.29, 0.717) is 39.1 Å². The van der Waals surface area contributed by atoms with Crippen molar-refractivity contribution in [2.45, 2.75) is 42.5 Å². The smallest absolute Gasteiger partial charge is 0.248 e. The number of fused-ring (bicyclic) bond motifs is 3. The van der Waals surface area contributed by atoms with Gasteiger partial charge < -0.3 is 24.5 Å². The molecule has 11 nitrogen and oxygen atoms in total. The van der Waals surface area contributed by atoms with Gasteiger partial charge in [0.2, 0.25) is 17.7 Å². The molecule has 234 valence electrons. The highest BCUT2D eigenvalue weighted by Crippen LogP contribution is 2.61. The van der Waals surface area contributed by atoms with E-state index in [4.69, 9.17) is 4.74 Å². The van der Waals surface area contributed by atoms with E-state index in [9.17, 15) is 19.5 Å². The number of hydrogen-bond donors (Lipinski definition) is 1. The summed E-state index contributed by atoms with van der Waals surface area (Å²) in [5.74, 6) is -1.10. The van der Waals surface area contributed by atoms with Gasteiger partial charge in [-0.15, -0.1) is 16.9 Å². The number of likely N-dealkylation sites (tertiary alicyclic amines) is 1. The van der Waals surface area contributed by atoms with E-state index < -0.39 is 22.6 Å². The number of carbonyl (C=O) groups excluding carboxylic acids is 3. The van der Waals surface area contributed by atoms with Crippen molar-refractivity contribution >= 4 is 46.2 Å². The lowest BCUT2D eigenvalue weighted by molar-refractivity contribution is -0.143. The summed E-state index contributed by atoms with van der Waals surface area (Å²) < 4.78 is 6.39. The van der Waals surface area contributed by atoms with Gasteiger partial charge in [-0.2, -0.15) is 0 Å². The number of rotatable bonds is 9. The molecule has 7 rings (SSSR count). The number of ether oxygens (including phenoxy) is 1. The number of nitrogens with zero attached hydrogens (tertiary/aromatic N) is 6. The topological polar surface area (TPSA) is 121 Å². The maximum absolute atomic E-state index is 14.6. The third-order valence-electron chi connectivity index (χ3n) is 9.23. The number of amides is 3. The standard InChI is InChI=1S/C33H36N6O5S/c1-2-44-23-14-12-22(13-15-23)37-19-7-11-26-27(30(37)41)28-31(42)38(18-5-6-20-40)29-32(43)36(17-8-16-33(28,29)45-26)21-39-25-10-4-3-9-24(25)34-35-39/h3-4,7-16,26-29,40H,2,5-6,17-21H2,1H3/t26-,27+,28+,29?,33+/m1/s1. The SMILES string of the molecule is CCOc1ccc(N2CC=C[C@H]3S[C@]45C=CCN(Cn6nnc7ccccc76)C(=O)C4N(CCCCO)C(=O)[C@@H]5[C@H]3C2=O)cc1. The molecule has 0 saturated carbocycles. The van der Waals surface area contributed by atoms with Gasteiger partial charge in [-0.1, -0.05) is 41.7 Å². The number of para-hydroxylation sites is 1. The van der Waals surface area contributed by atoms with Crippen molar-refractivity contribution < 1.29 is 24.2 Å². The Morgan fingerprint density at radius 2 is 1.82 bits per heavy atom. The molecule has 0 radical (unpaired) electrons. The zero-order valence-electron chi connectivity index (χ0n) is 25.1. The Morgan fingerprint density at radius 3 is 2.62 bits per heavy atom. The van der Waals surface area contributed by atoms with Crippen LogP contribution in [0.5, 0.6) is 5.75 Å². The summed E-state index contributed by atoms with van der Waals surface area (Å²) in [4.78, 5) is 48.6. The molecule has 45 heavy (non-hydrogen) atoms. The van der Waals surface area contributed by atoms with E-state index in [2.05, 4.69) is 10.3 Å². The number of benzene rings is 2. The van der Waals surface area contributed by atoms with E-state index in [1.54, 1.807) is 31.1 Å². The normalized spacial score (nSPS) is 27.5. The average Bonchev–Trinajstić information content (AvgIpc) is 3.60. The van der Waals surface area contributed by atoms with E-state index in [0.717, 1.165) is 22.5 Å². The van der Waals surface area contributed by atoms with Gasteiger partial charge >= 0.3 is 0 Å². The van der Waals surface area contributed by atoms with Gasteiger partial charge in [-0.3, -0.25) is 14.4 Å². The summed E-state index contributed by atoms with van der Waals surface area (Å²) in [6.07, 6.45) is 9.08. The fourth-order valence-corrected chi connectivity index (χ4v) is 9.26. The van der Waals surface area contributed by atoms with Crippen LogP contribution in [0.15, 0.2) is 72.8 Å². The average molecular weight is 629 g/mol. The molecule has 3 amide bonds. The Bertz CT molecular complexity index is 1670. The van der Waals surface area contributed by atoms with Gasteiger partial charge in [0, 0.05) is 37.2 Å². The van der Waals surface area contributed by atoms with E-state index in [1.165, 1.54) is 0 Å². The summed E-state index contributed by atoms with van der Waals surface area (Å²) in [7, 11) is 0. The number of aliphatic hydroxyl groups excluding tert-OH is 1. The Labute approximate surface area is 265 Å². The maximum atomic E-state index is 14.6. The molecule has 1 unspecified atom stereocenters. The molecule has 0 bridgehead atoms. The lowest BCUT2D eigenvalue weighted by atomic mass is 9.78. The molecule has 1 aromatic heterocycles. The molecule has 1 spiro atoms. The number of carbonyl (C=O) groups is 3. The molecule has 1 N–H and O–H groups in total. The summed E-state index contributed by atoms with van der Waals surface area (Å²) >= 11 is 1.56. The van der Waals surface area contributed by atoms with Crippen LogP contribution in [0, 0.1) is 11.8 Å². The Hall–Kier alpha value is -4.16. The minimum atomic E-state index is -0.913. The highest BCUT2D eigenvalue weighted by atomic mass is 32.2. The van der Waals surface area contributed by atoms with Crippen molar-refractivity contribution in [2.75, 3.05) is 37.7 Å². The first-order valence-electron chi connectivity index (χ1n) is 15.5. The largest absolute Gasteiger partial charge is 0.494 e. The van der Waals surface area contributed by atoms with Crippen molar-refractivity contribution in [3.05, 3.63) is 72.8 Å². The van der Waals surface area contributed by atoms with Gasteiger partial charge in [-0.25, -0.2) is 4.68 Å². The van der Waals surface area contributed by atoms with Gasteiger partial charge in [0.25, 0.3) is 0 Å². The van der Waals surface area contributed by atoms with Crippen molar-refractivity contribution in [1.82, 2.24) is 24.8 Å². The number of hydrogen-bond acceptors (Lipinski definition) is 8. The maximum Gasteiger partial charge on any atom is 0.248 e. The molecular weight excluding hydrogens is 592 g/mol. The quantitative estimate of drug-likeness (QED) is 0.284. The van der Waals surface area contributed by atoms with Crippen molar-refractivity contribution in [3.8, 4) is 5.75 Å².